The fourth-order valence-corrected chi connectivity index (χ4v) is 7.93. The van der Waals surface area contributed by atoms with Gasteiger partial charge in [0.15, 0.2) is 40.4 Å². The molecule has 0 fully saturated rings. The first kappa shape index (κ1) is 53.9. The first-order valence-corrected chi connectivity index (χ1v) is 25.0. The molecule has 0 aliphatic carbocycles. The minimum atomic E-state index is -0.314. The third-order valence-corrected chi connectivity index (χ3v) is 11.7. The number of halogens is 1. The first-order chi connectivity index (χ1) is 39.0. The predicted molar refractivity (Wildman–Crippen MR) is 305 cm³/mol. The van der Waals surface area contributed by atoms with E-state index < -0.39 is 0 Å². The second kappa shape index (κ2) is 26.3. The second-order valence-electron chi connectivity index (χ2n) is 17.4. The number of benzene rings is 7. The van der Waals surface area contributed by atoms with Gasteiger partial charge >= 0.3 is 0 Å². The van der Waals surface area contributed by atoms with Gasteiger partial charge in [-0.1, -0.05) is 173 Å². The molecular weight excluding hydrogens is 1030 g/mol. The molecule has 1 amide bonds. The molecule has 0 aliphatic rings. The number of hydrogen-bond donors (Lipinski definition) is 5. The zero-order chi connectivity index (χ0) is 55.6. The maximum absolute atomic E-state index is 12.7. The third kappa shape index (κ3) is 14.5. The summed E-state index contributed by atoms with van der Waals surface area (Å²) in [5.41, 5.74) is 26.2. The van der Waals surface area contributed by atoms with Gasteiger partial charge in [-0.15, -0.1) is 0 Å². The lowest BCUT2D eigenvalue weighted by molar-refractivity contribution is -0.115. The molecule has 5 heterocycles. The lowest BCUT2D eigenvalue weighted by atomic mass is 10.1. The van der Waals surface area contributed by atoms with Gasteiger partial charge in [-0.25, -0.2) is 29.9 Å². The highest BCUT2D eigenvalue weighted by atomic mass is 35.5. The molecule has 0 aliphatic heterocycles. The fourth-order valence-electron chi connectivity index (χ4n) is 7.77. The minimum Gasteiger partial charge on any atom is -0.409 e. The highest BCUT2D eigenvalue weighted by Crippen LogP contribution is 2.27. The van der Waals surface area contributed by atoms with Crippen molar-refractivity contribution in [3.63, 3.8) is 0 Å². The maximum Gasteiger partial charge on any atom is 0.231 e. The van der Waals surface area contributed by atoms with Crippen molar-refractivity contribution in [3.05, 3.63) is 234 Å². The molecule has 20 nitrogen and oxygen atoms in total. The Bertz CT molecular complexity index is 4060. The van der Waals surface area contributed by atoms with E-state index in [1.165, 1.54) is 0 Å². The van der Waals surface area contributed by atoms with Gasteiger partial charge in [0.1, 0.15) is 0 Å². The number of carbonyl (C=O) groups is 2. The number of fused-ring (bicyclic) bond motifs is 3. The van der Waals surface area contributed by atoms with Gasteiger partial charge in [-0.05, 0) is 70.3 Å². The van der Waals surface area contributed by atoms with Crippen molar-refractivity contribution in [2.75, 3.05) is 16.8 Å². The van der Waals surface area contributed by atoms with Crippen LogP contribution in [0.5, 0.6) is 0 Å². The Labute approximate surface area is 461 Å². The van der Waals surface area contributed by atoms with Crippen molar-refractivity contribution in [3.8, 4) is 23.0 Å². The van der Waals surface area contributed by atoms with Gasteiger partial charge in [-0.2, -0.15) is 9.97 Å². The molecule has 12 rings (SSSR count). The van der Waals surface area contributed by atoms with E-state index in [-0.39, 0.29) is 46.6 Å². The van der Waals surface area contributed by atoms with Crippen LogP contribution in [0.15, 0.2) is 208 Å². The van der Waals surface area contributed by atoms with E-state index in [1.807, 2.05) is 182 Å². The third-order valence-electron chi connectivity index (χ3n) is 11.5. The van der Waals surface area contributed by atoms with Crippen LogP contribution in [0.2, 0.25) is 0 Å². The molecule has 0 radical (unpaired) electrons. The molecule has 80 heavy (non-hydrogen) atoms. The largest absolute Gasteiger partial charge is 0.409 e. The van der Waals surface area contributed by atoms with Crippen LogP contribution in [0.3, 0.4) is 0 Å². The van der Waals surface area contributed by atoms with Gasteiger partial charge in [0, 0.05) is 6.42 Å². The summed E-state index contributed by atoms with van der Waals surface area (Å²) in [7, 11) is 0. The zero-order valence-corrected chi connectivity index (χ0v) is 43.2. The van der Waals surface area contributed by atoms with Gasteiger partial charge in [0.25, 0.3) is 0 Å². The van der Waals surface area contributed by atoms with Gasteiger partial charge in [-0.3, -0.25) is 9.59 Å². The molecule has 0 saturated carbocycles. The number of nitrogen functional groups attached to an aromatic ring is 2. The van der Waals surface area contributed by atoms with Gasteiger partial charge < -0.3 is 36.8 Å². The van der Waals surface area contributed by atoms with E-state index in [1.54, 1.807) is 12.1 Å². The van der Waals surface area contributed by atoms with Crippen LogP contribution in [0.4, 0.5) is 17.5 Å². The number of nitrogens with one attached hydrogen (secondary N) is 1. The summed E-state index contributed by atoms with van der Waals surface area (Å²) < 4.78 is 10.8. The Kier molecular flexibility index (Phi) is 17.7. The lowest BCUT2D eigenvalue weighted by Crippen LogP contribution is -2.18. The molecule has 396 valence electrons. The summed E-state index contributed by atoms with van der Waals surface area (Å²) in [5.74, 6) is 2.00. The summed E-state index contributed by atoms with van der Waals surface area (Å²) in [6, 6.07) is 60.9. The van der Waals surface area contributed by atoms with Crippen molar-refractivity contribution in [2.45, 2.75) is 25.7 Å². The molecule has 0 spiro atoms. The van der Waals surface area contributed by atoms with Crippen molar-refractivity contribution < 1.29 is 23.8 Å². The summed E-state index contributed by atoms with van der Waals surface area (Å²) in [6.45, 7) is 0. The van der Waals surface area contributed by atoms with E-state index in [0.717, 1.165) is 33.3 Å². The van der Waals surface area contributed by atoms with Gasteiger partial charge in [0.05, 0.1) is 52.4 Å². The lowest BCUT2D eigenvalue weighted by Gasteiger charge is -2.09. The Morgan fingerprint density at radius 1 is 0.463 bits per heavy atom. The number of nitrogens with zero attached hydrogens (tertiary/aromatic N) is 11. The van der Waals surface area contributed by atoms with E-state index in [4.69, 9.17) is 43.1 Å². The van der Waals surface area contributed by atoms with Crippen LogP contribution in [0.1, 0.15) is 39.7 Å². The number of oxime groups is 1. The number of amidine groups is 1. The van der Waals surface area contributed by atoms with Crippen LogP contribution < -0.4 is 22.5 Å². The van der Waals surface area contributed by atoms with E-state index >= 15 is 0 Å². The Hall–Kier alpha value is -10.9. The summed E-state index contributed by atoms with van der Waals surface area (Å²) in [6.07, 6.45) is 1.61. The fraction of sp³-hybridized carbons (Fsp3) is 0.0678. The second-order valence-corrected chi connectivity index (χ2v) is 17.8. The molecule has 0 saturated heterocycles. The first-order valence-electron chi connectivity index (χ1n) is 24.6. The number of nitrogens with two attached hydrogens (primary N) is 3. The predicted octanol–water partition coefficient (Wildman–Crippen LogP) is 9.61. The normalized spacial score (nSPS) is 10.9. The molecule has 0 bridgehead atoms. The quantitative estimate of drug-likeness (QED) is 0.0250. The average molecular weight is 1080 g/mol. The van der Waals surface area contributed by atoms with Crippen LogP contribution in [0, 0.1) is 0 Å². The molecule has 0 atom stereocenters. The SMILES string of the molecule is N/C(=N\O)c1nc2ccccc2nc1N.Nc1nc2ccccc2nc1-c1noc(Cc2ccccc2)n1.O=C(Cc1ccccc1)Nc1nc2ccccc2nc1-c1noc(Cc2ccccc2)n1.O=C(Cl)Cc1ccccc1. The smallest absolute Gasteiger partial charge is 0.231 e. The summed E-state index contributed by atoms with van der Waals surface area (Å²) >= 11 is 5.17. The molecule has 12 aromatic rings. The molecule has 0 unspecified atom stereocenters. The summed E-state index contributed by atoms with van der Waals surface area (Å²) in [4.78, 5) is 58.3. The zero-order valence-electron chi connectivity index (χ0n) is 42.4. The molecule has 5 aromatic heterocycles. The van der Waals surface area contributed by atoms with Crippen molar-refractivity contribution in [1.82, 2.24) is 50.2 Å². The average Bonchev–Trinajstić information content (AvgIpc) is 4.18. The van der Waals surface area contributed by atoms with Crippen molar-refractivity contribution in [1.29, 1.82) is 0 Å². The minimum absolute atomic E-state index is 0.143. The Morgan fingerprint density at radius 3 is 1.30 bits per heavy atom. The molecule has 21 heteroatoms. The topological polar surface area (TPSA) is 312 Å². The molecule has 8 N–H and O–H groups in total. The number of anilines is 3. The number of amides is 1. The number of hydrogen-bond acceptors (Lipinski definition) is 18. The number of aromatic nitrogens is 10. The number of para-hydroxylation sites is 6. The van der Waals surface area contributed by atoms with Crippen LogP contribution in [-0.4, -0.2) is 72.4 Å². The monoisotopic (exact) mass is 1080 g/mol. The highest BCUT2D eigenvalue weighted by Gasteiger charge is 2.20. The molecular formula is C59H48ClN15O5. The van der Waals surface area contributed by atoms with Crippen LogP contribution in [0.25, 0.3) is 56.1 Å². The Morgan fingerprint density at radius 2 is 0.838 bits per heavy atom. The number of rotatable bonds is 12. The van der Waals surface area contributed by atoms with Crippen LogP contribution >= 0.6 is 11.6 Å². The van der Waals surface area contributed by atoms with Gasteiger partial charge in [0.2, 0.25) is 34.6 Å². The van der Waals surface area contributed by atoms with Crippen molar-refractivity contribution in [2.24, 2.45) is 10.9 Å². The number of carbonyl (C=O) groups excluding carboxylic acids is 2. The van der Waals surface area contributed by atoms with E-state index in [0.29, 0.717) is 76.1 Å². The molecule has 7 aromatic carbocycles. The summed E-state index contributed by atoms with van der Waals surface area (Å²) in [5, 5.41) is 22.0. The van der Waals surface area contributed by atoms with Crippen molar-refractivity contribution >= 4 is 79.1 Å². The van der Waals surface area contributed by atoms with E-state index in [9.17, 15) is 9.59 Å². The van der Waals surface area contributed by atoms with E-state index in [2.05, 4.69) is 60.7 Å². The standard InChI is InChI=1S/C25H19N5O2.C17H13N5O.C9H9N5O.C8H7ClO/c31-21(15-17-9-3-1-4-10-17)28-24-23(26-19-13-7-8-14-20(19)27-24)25-29-22(32-30-25)16-18-11-5-2-6-12-18;18-16-15(19-12-8-4-5-9-13(12)20-16)17-21-14(23-22-17)10-11-6-2-1-3-7-11;10-8-7(9(11)14-15)12-5-3-1-2-4-6(5)13-8;9-8(10)6-7-4-2-1-3-5-7/h1-14H,15-16H2,(H,27,28,31);1-9H,10H2,(H2,18,20);1-4,15H,(H2,10,13)(H2,11,14);1-5H,6H2. The van der Waals surface area contributed by atoms with Crippen LogP contribution in [-0.2, 0) is 35.3 Å². The highest BCUT2D eigenvalue weighted by molar-refractivity contribution is 6.63. The Balaban J connectivity index is 0.000000140. The maximum atomic E-state index is 12.7.